The van der Waals surface area contributed by atoms with Gasteiger partial charge in [-0.25, -0.2) is 8.42 Å². The van der Waals surface area contributed by atoms with Crippen molar-refractivity contribution in [2.24, 2.45) is 0 Å². The number of oxazole rings is 1. The molecule has 3 aromatic rings. The smallest absolute Gasteiger partial charge is 0.266 e. The number of sulfone groups is 1. The van der Waals surface area contributed by atoms with Crippen LogP contribution in [0.25, 0.3) is 11.7 Å². The van der Waals surface area contributed by atoms with E-state index >= 15 is 0 Å². The third-order valence-corrected chi connectivity index (χ3v) is 5.98. The van der Waals surface area contributed by atoms with E-state index in [1.807, 2.05) is 0 Å². The molecule has 0 atom stereocenters. The summed E-state index contributed by atoms with van der Waals surface area (Å²) < 4.78 is 48.4. The largest absolute Gasteiger partial charge is 0.486 e. The van der Waals surface area contributed by atoms with Crippen molar-refractivity contribution in [1.82, 2.24) is 4.98 Å². The maximum Gasteiger partial charge on any atom is 0.266 e. The predicted molar refractivity (Wildman–Crippen MR) is 93.7 cm³/mol. The van der Waals surface area contributed by atoms with Gasteiger partial charge in [0.1, 0.15) is 13.2 Å². The number of hydrogen-bond acceptors (Lipinski definition) is 8. The number of ether oxygens (including phenoxy) is 2. The number of hydrogen-bond donors (Lipinski definition) is 1. The highest BCUT2D eigenvalue weighted by molar-refractivity contribution is 7.91. The molecule has 0 saturated heterocycles. The monoisotopic (exact) mass is 388 g/mol. The normalized spacial score (nSPS) is 16.3. The third-order valence-electron chi connectivity index (χ3n) is 4.32. The van der Waals surface area contributed by atoms with Crippen molar-refractivity contribution in [2.45, 2.75) is 28.8 Å². The summed E-state index contributed by atoms with van der Waals surface area (Å²) in [6.07, 6.45) is 3.39. The first-order chi connectivity index (χ1) is 13.1. The lowest BCUT2D eigenvalue weighted by Crippen LogP contribution is -2.16. The van der Waals surface area contributed by atoms with E-state index < -0.39 is 9.84 Å². The van der Waals surface area contributed by atoms with Gasteiger partial charge >= 0.3 is 0 Å². The first-order valence-corrected chi connectivity index (χ1v) is 10.1. The number of anilines is 1. The summed E-state index contributed by atoms with van der Waals surface area (Å²) in [4.78, 5) is 4.27. The quantitative estimate of drug-likeness (QED) is 0.711. The number of fused-ring (bicyclic) bond motifs is 1. The van der Waals surface area contributed by atoms with Gasteiger partial charge in [-0.05, 0) is 37.1 Å². The molecule has 0 spiro atoms. The van der Waals surface area contributed by atoms with Crippen molar-refractivity contribution < 1.29 is 26.7 Å². The topological polar surface area (TPSA) is 104 Å². The molecule has 140 valence electrons. The van der Waals surface area contributed by atoms with Gasteiger partial charge in [0.25, 0.3) is 5.89 Å². The molecule has 27 heavy (non-hydrogen) atoms. The summed E-state index contributed by atoms with van der Waals surface area (Å²) in [7, 11) is -3.94. The number of benzene rings is 1. The molecule has 1 aliphatic heterocycles. The van der Waals surface area contributed by atoms with Crippen LogP contribution in [0.3, 0.4) is 0 Å². The fourth-order valence-corrected chi connectivity index (χ4v) is 4.08. The average molecular weight is 388 g/mol. The zero-order chi connectivity index (χ0) is 18.4. The van der Waals surface area contributed by atoms with Crippen LogP contribution >= 0.6 is 0 Å². The molecule has 8 nitrogen and oxygen atoms in total. The molecule has 1 aliphatic carbocycles. The highest BCUT2D eigenvalue weighted by Crippen LogP contribution is 2.38. The Morgan fingerprint density at radius 2 is 1.89 bits per heavy atom. The highest BCUT2D eigenvalue weighted by atomic mass is 32.2. The van der Waals surface area contributed by atoms with Gasteiger partial charge in [0.2, 0.25) is 20.7 Å². The van der Waals surface area contributed by atoms with Gasteiger partial charge in [-0.15, -0.1) is 0 Å². The SMILES string of the molecule is O=S(=O)(c1ccc2c(c1)OCCO2)c1nc(-c2ccco2)oc1NC1CC1. The molecule has 1 fully saturated rings. The van der Waals surface area contributed by atoms with Gasteiger partial charge in [-0.1, -0.05) is 0 Å². The van der Waals surface area contributed by atoms with Crippen LogP contribution in [0.1, 0.15) is 12.8 Å². The molecule has 2 aliphatic rings. The fourth-order valence-electron chi connectivity index (χ4n) is 2.80. The van der Waals surface area contributed by atoms with E-state index in [0.29, 0.717) is 30.5 Å². The van der Waals surface area contributed by atoms with Gasteiger partial charge in [-0.2, -0.15) is 4.98 Å². The van der Waals surface area contributed by atoms with Crippen molar-refractivity contribution in [3.63, 3.8) is 0 Å². The van der Waals surface area contributed by atoms with Crippen molar-refractivity contribution in [2.75, 3.05) is 18.5 Å². The van der Waals surface area contributed by atoms with Crippen LogP contribution in [0.4, 0.5) is 5.88 Å². The molecule has 2 aromatic heterocycles. The van der Waals surface area contributed by atoms with E-state index in [9.17, 15) is 8.42 Å². The Kier molecular flexibility index (Phi) is 3.64. The summed E-state index contributed by atoms with van der Waals surface area (Å²) in [5.41, 5.74) is 0. The molecule has 1 N–H and O–H groups in total. The van der Waals surface area contributed by atoms with Gasteiger partial charge in [0.05, 0.1) is 11.2 Å². The minimum Gasteiger partial charge on any atom is -0.486 e. The molecule has 0 unspecified atom stereocenters. The zero-order valence-corrected chi connectivity index (χ0v) is 15.0. The summed E-state index contributed by atoms with van der Waals surface area (Å²) in [6.45, 7) is 0.807. The minimum absolute atomic E-state index is 0.0601. The second-order valence-corrected chi connectivity index (χ2v) is 8.22. The van der Waals surface area contributed by atoms with E-state index in [-0.39, 0.29) is 27.7 Å². The molecule has 0 bridgehead atoms. The van der Waals surface area contributed by atoms with E-state index in [4.69, 9.17) is 18.3 Å². The van der Waals surface area contributed by atoms with Gasteiger partial charge in [-0.3, -0.25) is 0 Å². The maximum atomic E-state index is 13.2. The highest BCUT2D eigenvalue weighted by Gasteiger charge is 2.33. The summed E-state index contributed by atoms with van der Waals surface area (Å²) in [5, 5.41) is 2.93. The Morgan fingerprint density at radius 3 is 2.63 bits per heavy atom. The average Bonchev–Trinajstić information content (AvgIpc) is 3.16. The fraction of sp³-hybridized carbons (Fsp3) is 0.278. The molecule has 0 amide bonds. The van der Waals surface area contributed by atoms with Crippen LogP contribution in [0.15, 0.2) is 55.4 Å². The molecule has 1 aromatic carbocycles. The molecule has 9 heteroatoms. The second kappa shape index (κ2) is 6.05. The molecular formula is C18H16N2O6S. The lowest BCUT2D eigenvalue weighted by atomic mass is 10.3. The molecule has 1 saturated carbocycles. The molecule has 3 heterocycles. The summed E-state index contributed by atoms with van der Waals surface area (Å²) in [5.74, 6) is 1.51. The van der Waals surface area contributed by atoms with Crippen LogP contribution in [-0.4, -0.2) is 32.7 Å². The number of aromatic nitrogens is 1. The first-order valence-electron chi connectivity index (χ1n) is 8.57. The Labute approximate surface area is 155 Å². The molecule has 5 rings (SSSR count). The minimum atomic E-state index is -3.94. The second-order valence-electron chi connectivity index (χ2n) is 6.36. The first kappa shape index (κ1) is 16.2. The lowest BCUT2D eigenvalue weighted by molar-refractivity contribution is 0.171. The summed E-state index contributed by atoms with van der Waals surface area (Å²) in [6, 6.07) is 8.05. The Morgan fingerprint density at radius 1 is 1.07 bits per heavy atom. The van der Waals surface area contributed by atoms with Crippen molar-refractivity contribution in [3.05, 3.63) is 36.6 Å². The predicted octanol–water partition coefficient (Wildman–Crippen LogP) is 3.11. The van der Waals surface area contributed by atoms with Crippen LogP contribution in [0.2, 0.25) is 0 Å². The van der Waals surface area contributed by atoms with Gasteiger partial charge in [0, 0.05) is 12.1 Å². The van der Waals surface area contributed by atoms with E-state index in [2.05, 4.69) is 10.3 Å². The number of furan rings is 1. The van der Waals surface area contributed by atoms with E-state index in [1.54, 1.807) is 18.2 Å². The van der Waals surface area contributed by atoms with Crippen molar-refractivity contribution in [1.29, 1.82) is 0 Å². The van der Waals surface area contributed by atoms with Crippen molar-refractivity contribution >= 4 is 15.7 Å². The molecular weight excluding hydrogens is 372 g/mol. The van der Waals surface area contributed by atoms with Gasteiger partial charge < -0.3 is 23.6 Å². The lowest BCUT2D eigenvalue weighted by Gasteiger charge is -2.18. The van der Waals surface area contributed by atoms with Crippen LogP contribution < -0.4 is 14.8 Å². The Hall–Kier alpha value is -2.94. The van der Waals surface area contributed by atoms with Crippen LogP contribution in [0, 0.1) is 0 Å². The standard InChI is InChI=1S/C18H16N2O6S/c21-27(22,12-5-6-13-15(10-12)25-9-8-24-13)18-17(19-11-3-4-11)26-16(20-18)14-2-1-7-23-14/h1-2,5-7,10-11,19H,3-4,8-9H2. The Bertz CT molecular complexity index is 1080. The van der Waals surface area contributed by atoms with E-state index in [1.165, 1.54) is 18.4 Å². The number of nitrogens with zero attached hydrogens (tertiary/aromatic N) is 1. The van der Waals surface area contributed by atoms with E-state index in [0.717, 1.165) is 12.8 Å². The van der Waals surface area contributed by atoms with Crippen LogP contribution in [-0.2, 0) is 9.84 Å². The van der Waals surface area contributed by atoms with Crippen LogP contribution in [0.5, 0.6) is 11.5 Å². The summed E-state index contributed by atoms with van der Waals surface area (Å²) >= 11 is 0. The Balaban J connectivity index is 1.59. The maximum absolute atomic E-state index is 13.2. The number of rotatable bonds is 5. The number of nitrogens with one attached hydrogen (secondary N) is 1. The van der Waals surface area contributed by atoms with Gasteiger partial charge in [0.15, 0.2) is 17.3 Å². The zero-order valence-electron chi connectivity index (χ0n) is 14.2. The van der Waals surface area contributed by atoms with Crippen molar-refractivity contribution in [3.8, 4) is 23.1 Å². The molecule has 0 radical (unpaired) electrons. The third kappa shape index (κ3) is 2.93.